The lowest BCUT2D eigenvalue weighted by Crippen LogP contribution is -2.56. The van der Waals surface area contributed by atoms with E-state index in [0.29, 0.717) is 5.91 Å². The van der Waals surface area contributed by atoms with Crippen molar-refractivity contribution in [2.24, 2.45) is 11.3 Å². The fourth-order valence-corrected chi connectivity index (χ4v) is 3.42. The molecule has 4 nitrogen and oxygen atoms in total. The highest BCUT2D eigenvalue weighted by atomic mass is 16.2. The number of nitrogens with one attached hydrogen (secondary N) is 1. The zero-order valence-electron chi connectivity index (χ0n) is 12.2. The van der Waals surface area contributed by atoms with E-state index in [2.05, 4.69) is 22.0 Å². The Balaban J connectivity index is 1.50. The second kappa shape index (κ2) is 5.41. The summed E-state index contributed by atoms with van der Waals surface area (Å²) in [4.78, 5) is 17.3. The van der Waals surface area contributed by atoms with Crippen LogP contribution in [0, 0.1) is 11.3 Å². The summed E-state index contributed by atoms with van der Waals surface area (Å²) in [5, 5.41) is 3.38. The molecule has 1 N–H and O–H groups in total. The summed E-state index contributed by atoms with van der Waals surface area (Å²) in [7, 11) is 0. The summed E-state index contributed by atoms with van der Waals surface area (Å²) >= 11 is 0. The topological polar surface area (TPSA) is 35.6 Å². The number of carbonyl (C=O) groups excluding carboxylic acids is 1. The van der Waals surface area contributed by atoms with E-state index in [-0.39, 0.29) is 5.41 Å². The number of hydrogen-bond donors (Lipinski definition) is 1. The van der Waals surface area contributed by atoms with Crippen LogP contribution >= 0.6 is 0 Å². The highest BCUT2D eigenvalue weighted by Gasteiger charge is 2.38. The zero-order valence-corrected chi connectivity index (χ0v) is 12.2. The SMILES string of the molecule is CC1(C(=O)N2CCN(CC3CC3)CC2)CCCNC1. The van der Waals surface area contributed by atoms with Gasteiger partial charge in [-0.1, -0.05) is 0 Å². The minimum atomic E-state index is -0.156. The van der Waals surface area contributed by atoms with Gasteiger partial charge in [-0.15, -0.1) is 0 Å². The number of nitrogens with zero attached hydrogens (tertiary/aromatic N) is 2. The fourth-order valence-electron chi connectivity index (χ4n) is 3.42. The molecule has 4 heteroatoms. The highest BCUT2D eigenvalue weighted by molar-refractivity contribution is 5.82. The summed E-state index contributed by atoms with van der Waals surface area (Å²) in [6, 6.07) is 0. The van der Waals surface area contributed by atoms with Gasteiger partial charge < -0.3 is 10.2 Å². The minimum absolute atomic E-state index is 0.156. The number of rotatable bonds is 3. The summed E-state index contributed by atoms with van der Waals surface area (Å²) in [6.07, 6.45) is 5.01. The Kier molecular flexibility index (Phi) is 3.81. The maximum absolute atomic E-state index is 12.7. The molecule has 108 valence electrons. The van der Waals surface area contributed by atoms with E-state index < -0.39 is 0 Å². The standard InChI is InChI=1S/C15H27N3O/c1-15(5-2-6-16-12-15)14(19)18-9-7-17(8-10-18)11-13-3-4-13/h13,16H,2-12H2,1H3. The minimum Gasteiger partial charge on any atom is -0.340 e. The maximum Gasteiger partial charge on any atom is 0.229 e. The van der Waals surface area contributed by atoms with Crippen molar-refractivity contribution in [1.29, 1.82) is 0 Å². The molecule has 3 aliphatic rings. The fraction of sp³-hybridized carbons (Fsp3) is 0.933. The van der Waals surface area contributed by atoms with Crippen LogP contribution in [-0.4, -0.2) is 61.5 Å². The number of piperazine rings is 1. The van der Waals surface area contributed by atoms with Gasteiger partial charge in [0.25, 0.3) is 0 Å². The lowest BCUT2D eigenvalue weighted by molar-refractivity contribution is -0.144. The lowest BCUT2D eigenvalue weighted by atomic mass is 9.81. The molecule has 1 amide bonds. The van der Waals surface area contributed by atoms with Gasteiger partial charge in [-0.25, -0.2) is 0 Å². The largest absolute Gasteiger partial charge is 0.340 e. The molecular weight excluding hydrogens is 238 g/mol. The van der Waals surface area contributed by atoms with Crippen molar-refractivity contribution >= 4 is 5.91 Å². The molecule has 0 spiro atoms. The molecule has 0 aromatic carbocycles. The van der Waals surface area contributed by atoms with Crippen LogP contribution in [0.1, 0.15) is 32.6 Å². The Morgan fingerprint density at radius 3 is 2.58 bits per heavy atom. The normalized spacial score (nSPS) is 33.4. The predicted molar refractivity (Wildman–Crippen MR) is 76.0 cm³/mol. The first-order valence-electron chi connectivity index (χ1n) is 7.90. The van der Waals surface area contributed by atoms with E-state index in [1.54, 1.807) is 0 Å². The number of hydrogen-bond acceptors (Lipinski definition) is 3. The lowest BCUT2D eigenvalue weighted by Gasteiger charge is -2.41. The zero-order chi connectivity index (χ0) is 13.3. The summed E-state index contributed by atoms with van der Waals surface area (Å²) in [6.45, 7) is 9.34. The first-order valence-corrected chi connectivity index (χ1v) is 7.90. The summed E-state index contributed by atoms with van der Waals surface area (Å²) in [5.41, 5.74) is -0.156. The molecule has 0 bridgehead atoms. The monoisotopic (exact) mass is 265 g/mol. The van der Waals surface area contributed by atoms with E-state index in [4.69, 9.17) is 0 Å². The van der Waals surface area contributed by atoms with Crippen LogP contribution in [0.2, 0.25) is 0 Å². The van der Waals surface area contributed by atoms with Crippen LogP contribution in [0.4, 0.5) is 0 Å². The predicted octanol–water partition coefficient (Wildman–Crippen LogP) is 0.930. The van der Waals surface area contributed by atoms with Gasteiger partial charge in [0, 0.05) is 39.3 Å². The van der Waals surface area contributed by atoms with Gasteiger partial charge in [-0.2, -0.15) is 0 Å². The molecule has 3 fully saturated rings. The quantitative estimate of drug-likeness (QED) is 0.824. The number of amides is 1. The van der Waals surface area contributed by atoms with Gasteiger partial charge in [-0.3, -0.25) is 9.69 Å². The first kappa shape index (κ1) is 13.4. The van der Waals surface area contributed by atoms with Crippen LogP contribution in [0.3, 0.4) is 0 Å². The molecule has 19 heavy (non-hydrogen) atoms. The molecule has 0 aromatic heterocycles. The molecule has 2 aliphatic heterocycles. The number of carbonyl (C=O) groups is 1. The molecule has 0 aromatic rings. The molecule has 1 aliphatic carbocycles. The second-order valence-electron chi connectivity index (χ2n) is 6.88. The van der Waals surface area contributed by atoms with Crippen LogP contribution in [0.15, 0.2) is 0 Å². The highest BCUT2D eigenvalue weighted by Crippen LogP contribution is 2.31. The first-order chi connectivity index (χ1) is 9.17. The Morgan fingerprint density at radius 2 is 2.00 bits per heavy atom. The van der Waals surface area contributed by atoms with Gasteiger partial charge in [-0.05, 0) is 45.1 Å². The van der Waals surface area contributed by atoms with Crippen molar-refractivity contribution in [3.8, 4) is 0 Å². The summed E-state index contributed by atoms with van der Waals surface area (Å²) in [5.74, 6) is 1.34. The Labute approximate surface area is 116 Å². The van der Waals surface area contributed by atoms with Crippen LogP contribution in [-0.2, 0) is 4.79 Å². The second-order valence-corrected chi connectivity index (χ2v) is 6.88. The van der Waals surface area contributed by atoms with Crippen molar-refractivity contribution in [2.75, 3.05) is 45.8 Å². The van der Waals surface area contributed by atoms with Crippen molar-refractivity contribution in [3.63, 3.8) is 0 Å². The average molecular weight is 265 g/mol. The van der Waals surface area contributed by atoms with Gasteiger partial charge in [0.15, 0.2) is 0 Å². The van der Waals surface area contributed by atoms with E-state index >= 15 is 0 Å². The average Bonchev–Trinajstić information content (AvgIpc) is 3.24. The van der Waals surface area contributed by atoms with Crippen LogP contribution < -0.4 is 5.32 Å². The van der Waals surface area contributed by atoms with Gasteiger partial charge in [0.2, 0.25) is 5.91 Å². The smallest absolute Gasteiger partial charge is 0.229 e. The Morgan fingerprint density at radius 1 is 1.26 bits per heavy atom. The third-order valence-corrected chi connectivity index (χ3v) is 4.99. The van der Waals surface area contributed by atoms with Crippen LogP contribution in [0.25, 0.3) is 0 Å². The van der Waals surface area contributed by atoms with E-state index in [1.807, 2.05) is 0 Å². The third-order valence-electron chi connectivity index (χ3n) is 4.99. The Bertz CT molecular complexity index is 326. The van der Waals surface area contributed by atoms with Gasteiger partial charge >= 0.3 is 0 Å². The Hall–Kier alpha value is -0.610. The van der Waals surface area contributed by atoms with E-state index in [9.17, 15) is 4.79 Å². The molecular formula is C15H27N3O. The maximum atomic E-state index is 12.7. The molecule has 1 atom stereocenters. The molecule has 1 unspecified atom stereocenters. The van der Waals surface area contributed by atoms with E-state index in [0.717, 1.165) is 58.0 Å². The number of piperidine rings is 1. The molecule has 2 saturated heterocycles. The molecule has 3 rings (SSSR count). The third kappa shape index (κ3) is 3.11. The molecule has 1 saturated carbocycles. The van der Waals surface area contributed by atoms with Crippen molar-refractivity contribution < 1.29 is 4.79 Å². The van der Waals surface area contributed by atoms with Gasteiger partial charge in [0.1, 0.15) is 0 Å². The van der Waals surface area contributed by atoms with Gasteiger partial charge in [0.05, 0.1) is 5.41 Å². The van der Waals surface area contributed by atoms with Crippen LogP contribution in [0.5, 0.6) is 0 Å². The summed E-state index contributed by atoms with van der Waals surface area (Å²) < 4.78 is 0. The van der Waals surface area contributed by atoms with Crippen molar-refractivity contribution in [2.45, 2.75) is 32.6 Å². The molecule has 0 radical (unpaired) electrons. The van der Waals surface area contributed by atoms with Crippen molar-refractivity contribution in [1.82, 2.24) is 15.1 Å². The molecule has 2 heterocycles. The van der Waals surface area contributed by atoms with Crippen molar-refractivity contribution in [3.05, 3.63) is 0 Å². The van der Waals surface area contributed by atoms with E-state index in [1.165, 1.54) is 19.4 Å².